The summed E-state index contributed by atoms with van der Waals surface area (Å²) in [5.74, 6) is 0. The lowest BCUT2D eigenvalue weighted by Gasteiger charge is -2.30. The van der Waals surface area contributed by atoms with Gasteiger partial charge in [-0.15, -0.1) is 0 Å². The molecule has 176 valence electrons. The molecule has 0 fully saturated rings. The zero-order chi connectivity index (χ0) is 24.6. The van der Waals surface area contributed by atoms with Crippen LogP contribution < -0.4 is 14.9 Å². The van der Waals surface area contributed by atoms with Crippen LogP contribution in [0, 0.1) is 10.1 Å². The molecule has 6 nitrogen and oxygen atoms in total. The summed E-state index contributed by atoms with van der Waals surface area (Å²) >= 11 is 1.35. The van der Waals surface area contributed by atoms with Crippen LogP contribution in [0.3, 0.4) is 0 Å². The normalized spacial score (nSPS) is 16.9. The van der Waals surface area contributed by atoms with Crippen molar-refractivity contribution < 1.29 is 4.92 Å². The van der Waals surface area contributed by atoms with Gasteiger partial charge < -0.3 is 0 Å². The van der Waals surface area contributed by atoms with Crippen molar-refractivity contribution >= 4 is 34.9 Å². The minimum absolute atomic E-state index is 0.00998. The fourth-order valence-electron chi connectivity index (χ4n) is 4.96. The Hall–Kier alpha value is -4.36. The van der Waals surface area contributed by atoms with Crippen LogP contribution in [-0.4, -0.2) is 9.49 Å². The number of aromatic nitrogens is 1. The van der Waals surface area contributed by atoms with Gasteiger partial charge in [0.25, 0.3) is 11.2 Å². The van der Waals surface area contributed by atoms with Gasteiger partial charge >= 0.3 is 0 Å². The smallest absolute Gasteiger partial charge is 0.271 e. The van der Waals surface area contributed by atoms with Gasteiger partial charge in [0.15, 0.2) is 4.80 Å². The number of hydrogen-bond donors (Lipinski definition) is 0. The number of nitrogens with zero attached hydrogens (tertiary/aromatic N) is 3. The van der Waals surface area contributed by atoms with Crippen molar-refractivity contribution in [2.24, 2.45) is 4.99 Å². The van der Waals surface area contributed by atoms with Gasteiger partial charge in [0.05, 0.1) is 21.2 Å². The molecule has 2 aliphatic rings. The molecule has 7 heteroatoms. The Morgan fingerprint density at radius 3 is 2.64 bits per heavy atom. The Morgan fingerprint density at radius 2 is 1.81 bits per heavy atom. The predicted octanol–water partition coefficient (Wildman–Crippen LogP) is 4.89. The molecule has 2 heterocycles. The third kappa shape index (κ3) is 3.83. The fourth-order valence-corrected chi connectivity index (χ4v) is 5.91. The number of nitro benzene ring substituents is 1. The average molecular weight is 492 g/mol. The summed E-state index contributed by atoms with van der Waals surface area (Å²) in [5, 5.41) is 11.5. The second kappa shape index (κ2) is 9.02. The van der Waals surface area contributed by atoms with Gasteiger partial charge in [-0.1, -0.05) is 90.2 Å². The van der Waals surface area contributed by atoms with Crippen LogP contribution >= 0.6 is 11.3 Å². The number of aryl methyl sites for hydroxylation is 1. The fraction of sp³-hybridized carbons (Fsp3) is 0.103. The predicted molar refractivity (Wildman–Crippen MR) is 142 cm³/mol. The van der Waals surface area contributed by atoms with E-state index in [0.717, 1.165) is 40.8 Å². The molecule has 1 aliphatic carbocycles. The number of non-ortho nitro benzene ring substituents is 1. The highest BCUT2D eigenvalue weighted by Gasteiger charge is 2.33. The number of benzene rings is 3. The summed E-state index contributed by atoms with van der Waals surface area (Å²) in [6.45, 7) is 0. The van der Waals surface area contributed by atoms with Crippen LogP contribution in [0.15, 0.2) is 100 Å². The first-order chi connectivity index (χ1) is 17.6. The second-order valence-corrected chi connectivity index (χ2v) is 9.77. The summed E-state index contributed by atoms with van der Waals surface area (Å²) in [6, 6.07) is 24.3. The van der Waals surface area contributed by atoms with E-state index in [1.165, 1.54) is 23.0 Å². The molecule has 1 aliphatic heterocycles. The second-order valence-electron chi connectivity index (χ2n) is 8.76. The lowest BCUT2D eigenvalue weighted by molar-refractivity contribution is -0.384. The van der Waals surface area contributed by atoms with E-state index in [9.17, 15) is 14.9 Å². The number of nitro groups is 1. The number of thiazole rings is 1. The maximum absolute atomic E-state index is 13.7. The Morgan fingerprint density at radius 1 is 1.00 bits per heavy atom. The molecule has 0 radical (unpaired) electrons. The standard InChI is InChI=1S/C29H21N3O3S/c33-28-25(15-6-10-19-8-2-1-3-9-19)36-29-30-26-23-14-5-4-11-20(23)16-17-24(26)27(31(28)29)21-12-7-13-22(18-21)32(34)35/h1-15,18,27H,16-17H2/b10-6+,25-15?. The van der Waals surface area contributed by atoms with E-state index < -0.39 is 11.0 Å². The molecule has 0 saturated heterocycles. The molecule has 1 atom stereocenters. The summed E-state index contributed by atoms with van der Waals surface area (Å²) in [7, 11) is 0. The van der Waals surface area contributed by atoms with Crippen LogP contribution in [-0.2, 0) is 6.42 Å². The van der Waals surface area contributed by atoms with E-state index in [2.05, 4.69) is 12.1 Å². The first kappa shape index (κ1) is 22.1. The van der Waals surface area contributed by atoms with Crippen molar-refractivity contribution in [3.05, 3.63) is 143 Å². The van der Waals surface area contributed by atoms with Gasteiger partial charge in [-0.05, 0) is 41.2 Å². The molecule has 36 heavy (non-hydrogen) atoms. The Kier molecular flexibility index (Phi) is 5.54. The summed E-state index contributed by atoms with van der Waals surface area (Å²) in [5.41, 5.74) is 5.82. The van der Waals surface area contributed by atoms with E-state index in [-0.39, 0.29) is 11.2 Å². The number of rotatable bonds is 4. The third-order valence-electron chi connectivity index (χ3n) is 6.61. The number of allylic oxidation sites excluding steroid dienone is 2. The van der Waals surface area contributed by atoms with Crippen molar-refractivity contribution in [3.63, 3.8) is 0 Å². The van der Waals surface area contributed by atoms with Gasteiger partial charge in [0, 0.05) is 17.7 Å². The third-order valence-corrected chi connectivity index (χ3v) is 7.61. The largest absolute Gasteiger partial charge is 0.272 e. The van der Waals surface area contributed by atoms with Crippen molar-refractivity contribution in [2.75, 3.05) is 0 Å². The first-order valence-corrected chi connectivity index (χ1v) is 12.5. The highest BCUT2D eigenvalue weighted by Crippen LogP contribution is 2.41. The highest BCUT2D eigenvalue weighted by atomic mass is 32.1. The van der Waals surface area contributed by atoms with Gasteiger partial charge in [0.1, 0.15) is 0 Å². The first-order valence-electron chi connectivity index (χ1n) is 11.7. The number of fused-ring (bicyclic) bond motifs is 3. The minimum Gasteiger partial charge on any atom is -0.272 e. The van der Waals surface area contributed by atoms with Crippen LogP contribution in [0.2, 0.25) is 0 Å². The van der Waals surface area contributed by atoms with Gasteiger partial charge in [-0.25, -0.2) is 4.99 Å². The molecule has 1 unspecified atom stereocenters. The van der Waals surface area contributed by atoms with Crippen molar-refractivity contribution in [3.8, 4) is 0 Å². The SMILES string of the molecule is O=c1c(=C/C=C/c2ccccc2)sc2n1C(c1cccc([N+](=O)[O-])c1)C1=C(N=2)c2ccccc2CC1. The van der Waals surface area contributed by atoms with Crippen molar-refractivity contribution in [1.82, 2.24) is 4.57 Å². The van der Waals surface area contributed by atoms with Gasteiger partial charge in [0.2, 0.25) is 0 Å². The molecule has 0 amide bonds. The van der Waals surface area contributed by atoms with Crippen LogP contribution in [0.25, 0.3) is 17.8 Å². The molecule has 6 rings (SSSR count). The number of hydrogen-bond acceptors (Lipinski definition) is 5. The topological polar surface area (TPSA) is 77.5 Å². The van der Waals surface area contributed by atoms with Crippen molar-refractivity contribution in [1.29, 1.82) is 0 Å². The van der Waals surface area contributed by atoms with Gasteiger partial charge in [-0.3, -0.25) is 19.5 Å². The average Bonchev–Trinajstić information content (AvgIpc) is 3.22. The lowest BCUT2D eigenvalue weighted by atomic mass is 9.83. The van der Waals surface area contributed by atoms with E-state index in [0.29, 0.717) is 9.33 Å². The zero-order valence-electron chi connectivity index (χ0n) is 19.2. The maximum atomic E-state index is 13.7. The molecule has 0 N–H and O–H groups in total. The zero-order valence-corrected chi connectivity index (χ0v) is 20.0. The maximum Gasteiger partial charge on any atom is 0.271 e. The van der Waals surface area contributed by atoms with E-state index in [4.69, 9.17) is 4.99 Å². The Balaban J connectivity index is 1.56. The molecule has 0 spiro atoms. The highest BCUT2D eigenvalue weighted by molar-refractivity contribution is 7.07. The lowest BCUT2D eigenvalue weighted by Crippen LogP contribution is -2.38. The monoisotopic (exact) mass is 491 g/mol. The Bertz CT molecular complexity index is 1750. The van der Waals surface area contributed by atoms with E-state index >= 15 is 0 Å². The summed E-state index contributed by atoms with van der Waals surface area (Å²) in [4.78, 5) is 30.4. The molecule has 4 aromatic rings. The molecule has 0 bridgehead atoms. The van der Waals surface area contributed by atoms with Crippen LogP contribution in [0.1, 0.15) is 34.7 Å². The quantitative estimate of drug-likeness (QED) is 0.301. The summed E-state index contributed by atoms with van der Waals surface area (Å²) in [6.07, 6.45) is 7.22. The van der Waals surface area contributed by atoms with Gasteiger partial charge in [-0.2, -0.15) is 0 Å². The molecule has 1 aromatic heterocycles. The molecule has 0 saturated carbocycles. The minimum atomic E-state index is -0.440. The Labute approximate surface area is 210 Å². The molecular weight excluding hydrogens is 470 g/mol. The molecular formula is C29H21N3O3S. The van der Waals surface area contributed by atoms with E-state index in [1.807, 2.05) is 66.8 Å². The molecule has 3 aromatic carbocycles. The van der Waals surface area contributed by atoms with Crippen molar-refractivity contribution in [2.45, 2.75) is 18.9 Å². The summed E-state index contributed by atoms with van der Waals surface area (Å²) < 4.78 is 2.28. The van der Waals surface area contributed by atoms with E-state index in [1.54, 1.807) is 16.7 Å². The van der Waals surface area contributed by atoms with Crippen LogP contribution in [0.4, 0.5) is 5.69 Å². The van der Waals surface area contributed by atoms with Crippen LogP contribution in [0.5, 0.6) is 0 Å².